The molecule has 1 aliphatic heterocycles. The molecule has 6 heteroatoms. The lowest BCUT2D eigenvalue weighted by atomic mass is 10.2. The Hall–Kier alpha value is -0.943. The first-order valence-electron chi connectivity index (χ1n) is 5.65. The summed E-state index contributed by atoms with van der Waals surface area (Å²) in [4.78, 5) is 12.2. The molecule has 0 amide bonds. The van der Waals surface area contributed by atoms with Crippen molar-refractivity contribution in [2.75, 3.05) is 13.2 Å². The number of nitrogens with zero attached hydrogens (tertiary/aromatic N) is 3. The van der Waals surface area contributed by atoms with Gasteiger partial charge < -0.3 is 4.74 Å². The Kier molecular flexibility index (Phi) is 3.49. The van der Waals surface area contributed by atoms with Gasteiger partial charge in [-0.3, -0.25) is 4.99 Å². The van der Waals surface area contributed by atoms with Gasteiger partial charge in [0, 0.05) is 14.3 Å². The Labute approximate surface area is 107 Å². The van der Waals surface area contributed by atoms with Crippen LogP contribution < -0.4 is 4.74 Å². The SMILES string of the molecule is C[Si](C)(C)CCOc1nc(Cl)ncc1C1=NC1. The second-order valence-corrected chi connectivity index (χ2v) is 11.2. The molecular weight excluding hydrogens is 254 g/mol. The fourth-order valence-corrected chi connectivity index (χ4v) is 2.16. The quantitative estimate of drug-likeness (QED) is 0.610. The zero-order valence-electron chi connectivity index (χ0n) is 10.3. The van der Waals surface area contributed by atoms with Gasteiger partial charge >= 0.3 is 0 Å². The molecule has 0 aliphatic carbocycles. The van der Waals surface area contributed by atoms with Crippen molar-refractivity contribution in [1.82, 2.24) is 9.97 Å². The van der Waals surface area contributed by atoms with E-state index in [0.717, 1.165) is 23.9 Å². The molecule has 2 heterocycles. The van der Waals surface area contributed by atoms with Crippen LogP contribution in [0.1, 0.15) is 5.56 Å². The van der Waals surface area contributed by atoms with Crippen molar-refractivity contribution in [2.24, 2.45) is 4.99 Å². The largest absolute Gasteiger partial charge is 0.477 e. The molecule has 4 nitrogen and oxygen atoms in total. The molecule has 0 atom stereocenters. The van der Waals surface area contributed by atoms with Gasteiger partial charge in [0.25, 0.3) is 0 Å². The second kappa shape index (κ2) is 4.74. The number of ether oxygens (including phenoxy) is 1. The van der Waals surface area contributed by atoms with E-state index >= 15 is 0 Å². The predicted molar refractivity (Wildman–Crippen MR) is 72.1 cm³/mol. The summed E-state index contributed by atoms with van der Waals surface area (Å²) in [5, 5.41) is 0.220. The molecule has 1 aromatic heterocycles. The normalized spacial score (nSPS) is 14.5. The molecule has 0 spiro atoms. The minimum atomic E-state index is -1.09. The molecule has 2 rings (SSSR count). The van der Waals surface area contributed by atoms with E-state index in [1.54, 1.807) is 6.20 Å². The maximum Gasteiger partial charge on any atom is 0.227 e. The Morgan fingerprint density at radius 2 is 2.12 bits per heavy atom. The average molecular weight is 270 g/mol. The maximum atomic E-state index is 5.78. The third-order valence-corrected chi connectivity index (χ3v) is 4.33. The summed E-state index contributed by atoms with van der Waals surface area (Å²) in [5.74, 6) is 0.569. The van der Waals surface area contributed by atoms with Crippen LogP contribution in [-0.2, 0) is 0 Å². The highest BCUT2D eigenvalue weighted by Gasteiger charge is 2.21. The summed E-state index contributed by atoms with van der Waals surface area (Å²) in [7, 11) is -1.09. The molecule has 1 aromatic rings. The summed E-state index contributed by atoms with van der Waals surface area (Å²) in [6, 6.07) is 1.10. The van der Waals surface area contributed by atoms with Gasteiger partial charge in [-0.1, -0.05) is 19.6 Å². The van der Waals surface area contributed by atoms with Gasteiger partial charge in [0.1, 0.15) is 0 Å². The summed E-state index contributed by atoms with van der Waals surface area (Å²) >= 11 is 5.78. The molecule has 0 aromatic carbocycles. The fraction of sp³-hybridized carbons (Fsp3) is 0.545. The van der Waals surface area contributed by atoms with Crippen LogP contribution in [-0.4, -0.2) is 36.9 Å². The van der Waals surface area contributed by atoms with Crippen LogP contribution in [0.5, 0.6) is 5.88 Å². The second-order valence-electron chi connectivity index (χ2n) is 5.28. The van der Waals surface area contributed by atoms with Gasteiger partial charge in [-0.2, -0.15) is 4.98 Å². The molecule has 17 heavy (non-hydrogen) atoms. The van der Waals surface area contributed by atoms with E-state index in [9.17, 15) is 0 Å². The summed E-state index contributed by atoms with van der Waals surface area (Å²) in [6.07, 6.45) is 1.69. The first kappa shape index (κ1) is 12.5. The highest BCUT2D eigenvalue weighted by Crippen LogP contribution is 2.22. The van der Waals surface area contributed by atoms with Crippen LogP contribution in [0, 0.1) is 0 Å². The summed E-state index contributed by atoms with van der Waals surface area (Å²) in [5.41, 5.74) is 1.88. The van der Waals surface area contributed by atoms with Gasteiger partial charge in [-0.15, -0.1) is 0 Å². The number of aromatic nitrogens is 2. The van der Waals surface area contributed by atoms with E-state index in [-0.39, 0.29) is 5.28 Å². The topological polar surface area (TPSA) is 47.4 Å². The Morgan fingerprint density at radius 3 is 2.71 bits per heavy atom. The molecule has 1 aliphatic rings. The first-order valence-corrected chi connectivity index (χ1v) is 9.73. The minimum Gasteiger partial charge on any atom is -0.477 e. The molecule has 0 saturated heterocycles. The van der Waals surface area contributed by atoms with Crippen LogP contribution >= 0.6 is 11.6 Å². The van der Waals surface area contributed by atoms with Crippen LogP contribution in [0.3, 0.4) is 0 Å². The minimum absolute atomic E-state index is 0.220. The molecule has 0 fully saturated rings. The molecule has 0 unspecified atom stereocenters. The number of hydrogen-bond acceptors (Lipinski definition) is 4. The third-order valence-electron chi connectivity index (χ3n) is 2.44. The smallest absolute Gasteiger partial charge is 0.227 e. The molecule has 0 radical (unpaired) electrons. The van der Waals surface area contributed by atoms with Crippen LogP contribution in [0.15, 0.2) is 11.2 Å². The Morgan fingerprint density at radius 1 is 1.41 bits per heavy atom. The zero-order chi connectivity index (χ0) is 12.5. The average Bonchev–Trinajstić information content (AvgIpc) is 2.99. The van der Waals surface area contributed by atoms with E-state index in [4.69, 9.17) is 16.3 Å². The fourth-order valence-electron chi connectivity index (χ4n) is 1.32. The predicted octanol–water partition coefficient (Wildman–Crippen LogP) is 2.65. The number of halogens is 1. The van der Waals surface area contributed by atoms with Crippen molar-refractivity contribution in [3.8, 4) is 5.88 Å². The highest BCUT2D eigenvalue weighted by atomic mass is 35.5. The summed E-state index contributed by atoms with van der Waals surface area (Å²) < 4.78 is 5.71. The zero-order valence-corrected chi connectivity index (χ0v) is 12.1. The van der Waals surface area contributed by atoms with Crippen molar-refractivity contribution < 1.29 is 4.74 Å². The van der Waals surface area contributed by atoms with Crippen LogP contribution in [0.2, 0.25) is 31.0 Å². The van der Waals surface area contributed by atoms with Gasteiger partial charge in [0.15, 0.2) is 0 Å². The number of rotatable bonds is 5. The van der Waals surface area contributed by atoms with Gasteiger partial charge in [-0.25, -0.2) is 4.98 Å². The molecule has 0 N–H and O–H groups in total. The summed E-state index contributed by atoms with van der Waals surface area (Å²) in [6.45, 7) is 8.39. The van der Waals surface area contributed by atoms with Gasteiger partial charge in [0.2, 0.25) is 11.2 Å². The van der Waals surface area contributed by atoms with Crippen molar-refractivity contribution in [3.05, 3.63) is 17.0 Å². The van der Waals surface area contributed by atoms with Crippen molar-refractivity contribution in [3.63, 3.8) is 0 Å². The van der Waals surface area contributed by atoms with E-state index < -0.39 is 8.07 Å². The lowest BCUT2D eigenvalue weighted by molar-refractivity contribution is 0.324. The van der Waals surface area contributed by atoms with E-state index in [1.807, 2.05) is 0 Å². The molecular formula is C11H16ClN3OSi. The highest BCUT2D eigenvalue weighted by molar-refractivity contribution is 6.76. The first-order chi connectivity index (χ1) is 7.96. The number of aliphatic imine (C=N–C) groups is 1. The Balaban J connectivity index is 2.04. The lowest BCUT2D eigenvalue weighted by Crippen LogP contribution is -2.23. The van der Waals surface area contributed by atoms with Crippen LogP contribution in [0.25, 0.3) is 0 Å². The lowest BCUT2D eigenvalue weighted by Gasteiger charge is -2.16. The number of hydrogen-bond donors (Lipinski definition) is 0. The monoisotopic (exact) mass is 269 g/mol. The third kappa shape index (κ3) is 3.78. The standard InChI is InChI=1S/C11H16ClN3OSi/c1-17(2,3)5-4-16-10-8(9-7-13-9)6-14-11(12)15-10/h6H,4-5,7H2,1-3H3. The maximum absolute atomic E-state index is 5.78. The Bertz CT molecular complexity index is 457. The van der Waals surface area contributed by atoms with Crippen LogP contribution in [0.4, 0.5) is 0 Å². The van der Waals surface area contributed by atoms with E-state index in [2.05, 4.69) is 34.6 Å². The van der Waals surface area contributed by atoms with Gasteiger partial charge in [-0.05, 0) is 17.6 Å². The van der Waals surface area contributed by atoms with Gasteiger partial charge in [0.05, 0.1) is 24.4 Å². The van der Waals surface area contributed by atoms with Crippen molar-refractivity contribution >= 4 is 25.4 Å². The van der Waals surface area contributed by atoms with Crippen molar-refractivity contribution in [1.29, 1.82) is 0 Å². The molecule has 0 bridgehead atoms. The molecule has 0 saturated carbocycles. The van der Waals surface area contributed by atoms with Crippen molar-refractivity contribution in [2.45, 2.75) is 25.7 Å². The molecule has 92 valence electrons. The van der Waals surface area contributed by atoms with E-state index in [1.165, 1.54) is 0 Å². The van der Waals surface area contributed by atoms with E-state index in [0.29, 0.717) is 12.5 Å².